The number of hydrogen-bond donors (Lipinski definition) is 0. The highest BCUT2D eigenvalue weighted by atomic mass is 35.5. The van der Waals surface area contributed by atoms with Gasteiger partial charge in [-0.25, -0.2) is 4.98 Å². The second-order valence-electron chi connectivity index (χ2n) is 10.9. The minimum atomic E-state index is -0.121. The number of carbonyl (C=O) groups is 1. The molecule has 1 saturated heterocycles. The molecule has 2 aromatic heterocycles. The summed E-state index contributed by atoms with van der Waals surface area (Å²) in [4.78, 5) is 22.3. The van der Waals surface area contributed by atoms with E-state index in [-0.39, 0.29) is 11.9 Å². The number of rotatable bonds is 9. The molecule has 6 aromatic rings. The topological polar surface area (TPSA) is 80.3 Å². The molecule has 1 aliphatic heterocycles. The molecule has 46 heavy (non-hydrogen) atoms. The van der Waals surface area contributed by atoms with Crippen LogP contribution in [-0.2, 0) is 5.75 Å². The Kier molecular flexibility index (Phi) is 8.96. The molecular weight excluding hydrogens is 616 g/mol. The molecule has 3 heterocycles. The van der Waals surface area contributed by atoms with Gasteiger partial charge in [0.25, 0.3) is 5.91 Å². The van der Waals surface area contributed by atoms with Gasteiger partial charge >= 0.3 is 0 Å². The molecule has 0 spiro atoms. The highest BCUT2D eigenvalue weighted by Crippen LogP contribution is 2.33. The molecule has 1 aliphatic rings. The van der Waals surface area contributed by atoms with Crippen LogP contribution in [0.25, 0.3) is 17.1 Å². The fraction of sp³-hybridized carbons (Fsp3) is 0.167. The number of thioether (sulfide) groups is 1. The molecule has 0 N–H and O–H groups in total. The summed E-state index contributed by atoms with van der Waals surface area (Å²) in [7, 11) is 0. The Bertz CT molecular complexity index is 1870. The molecule has 0 saturated carbocycles. The smallest absolute Gasteiger partial charge is 0.275 e. The van der Waals surface area contributed by atoms with Gasteiger partial charge in [0, 0.05) is 37.4 Å². The summed E-state index contributed by atoms with van der Waals surface area (Å²) < 4.78 is 7.73. The minimum absolute atomic E-state index is 0.121. The molecule has 4 aromatic carbocycles. The van der Waals surface area contributed by atoms with Crippen molar-refractivity contribution in [3.05, 3.63) is 149 Å². The summed E-state index contributed by atoms with van der Waals surface area (Å²) in [5.41, 5.74) is 4.50. The van der Waals surface area contributed by atoms with Crippen molar-refractivity contribution < 1.29 is 9.21 Å². The molecule has 7 rings (SSSR count). The summed E-state index contributed by atoms with van der Waals surface area (Å²) in [5.74, 6) is 1.35. The van der Waals surface area contributed by atoms with Gasteiger partial charge in [-0.3, -0.25) is 14.3 Å². The molecule has 0 bridgehead atoms. The zero-order valence-corrected chi connectivity index (χ0v) is 26.5. The van der Waals surface area contributed by atoms with Crippen molar-refractivity contribution in [3.8, 4) is 17.1 Å². The van der Waals surface area contributed by atoms with Crippen molar-refractivity contribution in [3.63, 3.8) is 0 Å². The van der Waals surface area contributed by atoms with Crippen LogP contribution in [0.5, 0.6) is 0 Å². The van der Waals surface area contributed by atoms with E-state index in [0.717, 1.165) is 24.3 Å². The van der Waals surface area contributed by atoms with E-state index in [1.807, 2.05) is 76.2 Å². The summed E-state index contributed by atoms with van der Waals surface area (Å²) in [6.45, 7) is 2.72. The van der Waals surface area contributed by atoms with E-state index >= 15 is 0 Å². The van der Waals surface area contributed by atoms with E-state index in [2.05, 4.69) is 68.6 Å². The van der Waals surface area contributed by atoms with Crippen molar-refractivity contribution >= 4 is 29.3 Å². The van der Waals surface area contributed by atoms with Gasteiger partial charge in [-0.1, -0.05) is 114 Å². The first-order valence-corrected chi connectivity index (χ1v) is 16.5. The molecular formula is C36H31ClN6O2S. The van der Waals surface area contributed by atoms with Crippen molar-refractivity contribution in [1.29, 1.82) is 0 Å². The van der Waals surface area contributed by atoms with Crippen LogP contribution in [-0.4, -0.2) is 61.6 Å². The lowest BCUT2D eigenvalue weighted by molar-refractivity contribution is 0.0591. The standard InChI is InChI=1S/C36H31ClN6O2S/c37-30-19-11-10-18-29(30)34-39-40-36(43(34)28-16-8-3-9-17-28)46-25-32-38-31(24-45-32)35(44)42-22-20-41(21-23-42)33(26-12-4-1-5-13-26)27-14-6-2-7-15-27/h1-19,24,33H,20-23,25H2. The van der Waals surface area contributed by atoms with Gasteiger partial charge in [-0.05, 0) is 35.4 Å². The van der Waals surface area contributed by atoms with Gasteiger partial charge in [-0.15, -0.1) is 10.2 Å². The normalized spacial score (nSPS) is 13.7. The van der Waals surface area contributed by atoms with E-state index in [9.17, 15) is 4.79 Å². The third kappa shape index (κ3) is 6.35. The van der Waals surface area contributed by atoms with Crippen molar-refractivity contribution in [2.24, 2.45) is 0 Å². The Morgan fingerprint density at radius 1 is 0.783 bits per heavy atom. The van der Waals surface area contributed by atoms with E-state index < -0.39 is 0 Å². The Hall–Kier alpha value is -4.70. The van der Waals surface area contributed by atoms with Gasteiger partial charge in [0.1, 0.15) is 6.26 Å². The number of aromatic nitrogens is 4. The molecule has 1 amide bonds. The van der Waals surface area contributed by atoms with Crippen LogP contribution in [0.4, 0.5) is 0 Å². The SMILES string of the molecule is O=C(c1coc(CSc2nnc(-c3ccccc3Cl)n2-c2ccccc2)n1)N1CCN(C(c2ccccc2)c2ccccc2)CC1. The average Bonchev–Trinajstić information content (AvgIpc) is 3.77. The molecule has 0 aliphatic carbocycles. The number of piperazine rings is 1. The first kappa shape index (κ1) is 30.0. The van der Waals surface area contributed by atoms with Crippen LogP contribution in [0.3, 0.4) is 0 Å². The summed E-state index contributed by atoms with van der Waals surface area (Å²) in [6, 6.07) is 38.7. The van der Waals surface area contributed by atoms with Gasteiger partial charge < -0.3 is 9.32 Å². The zero-order chi connectivity index (χ0) is 31.3. The van der Waals surface area contributed by atoms with E-state index in [4.69, 9.17) is 16.0 Å². The fourth-order valence-electron chi connectivity index (χ4n) is 5.82. The maximum absolute atomic E-state index is 13.5. The Morgan fingerprint density at radius 3 is 2.04 bits per heavy atom. The Balaban J connectivity index is 1.03. The average molecular weight is 647 g/mol. The first-order chi connectivity index (χ1) is 22.7. The molecule has 10 heteroatoms. The third-order valence-corrected chi connectivity index (χ3v) is 9.30. The lowest BCUT2D eigenvalue weighted by atomic mass is 9.96. The largest absolute Gasteiger partial charge is 0.447 e. The zero-order valence-electron chi connectivity index (χ0n) is 24.9. The molecule has 1 fully saturated rings. The maximum Gasteiger partial charge on any atom is 0.275 e. The van der Waals surface area contributed by atoms with Gasteiger partial charge in [0.05, 0.1) is 16.8 Å². The van der Waals surface area contributed by atoms with Crippen molar-refractivity contribution in [2.75, 3.05) is 26.2 Å². The second kappa shape index (κ2) is 13.7. The van der Waals surface area contributed by atoms with Crippen LogP contribution < -0.4 is 0 Å². The number of halogens is 1. The van der Waals surface area contributed by atoms with Gasteiger partial charge in [0.15, 0.2) is 16.7 Å². The number of amides is 1. The summed E-state index contributed by atoms with van der Waals surface area (Å²) in [5, 5.41) is 10.2. The number of benzene rings is 4. The van der Waals surface area contributed by atoms with Crippen LogP contribution in [0, 0.1) is 0 Å². The molecule has 0 radical (unpaired) electrons. The second-order valence-corrected chi connectivity index (χ2v) is 12.3. The maximum atomic E-state index is 13.5. The number of para-hydroxylation sites is 1. The van der Waals surface area contributed by atoms with Crippen LogP contribution >= 0.6 is 23.4 Å². The van der Waals surface area contributed by atoms with Crippen LogP contribution in [0.2, 0.25) is 5.02 Å². The monoisotopic (exact) mass is 646 g/mol. The van der Waals surface area contributed by atoms with Gasteiger partial charge in [0.2, 0.25) is 5.89 Å². The predicted octanol–water partition coefficient (Wildman–Crippen LogP) is 7.42. The first-order valence-electron chi connectivity index (χ1n) is 15.1. The highest BCUT2D eigenvalue weighted by molar-refractivity contribution is 7.98. The lowest BCUT2D eigenvalue weighted by Crippen LogP contribution is -2.50. The minimum Gasteiger partial charge on any atom is -0.447 e. The van der Waals surface area contributed by atoms with Gasteiger partial charge in [-0.2, -0.15) is 0 Å². The molecule has 230 valence electrons. The number of oxazole rings is 1. The number of carbonyl (C=O) groups excluding carboxylic acids is 1. The fourth-order valence-corrected chi connectivity index (χ4v) is 6.85. The Labute approximate surface area is 276 Å². The number of nitrogens with zero attached hydrogens (tertiary/aromatic N) is 6. The van der Waals surface area contributed by atoms with E-state index in [1.54, 1.807) is 0 Å². The third-order valence-electron chi connectivity index (χ3n) is 8.06. The van der Waals surface area contributed by atoms with Crippen LogP contribution in [0.1, 0.15) is 33.5 Å². The van der Waals surface area contributed by atoms with E-state index in [0.29, 0.717) is 46.4 Å². The summed E-state index contributed by atoms with van der Waals surface area (Å²) >= 11 is 7.96. The predicted molar refractivity (Wildman–Crippen MR) is 180 cm³/mol. The Morgan fingerprint density at radius 2 is 1.39 bits per heavy atom. The number of hydrogen-bond acceptors (Lipinski definition) is 7. The van der Waals surface area contributed by atoms with Crippen LogP contribution in [0.15, 0.2) is 131 Å². The highest BCUT2D eigenvalue weighted by Gasteiger charge is 2.30. The molecule has 0 unspecified atom stereocenters. The molecule has 8 nitrogen and oxygen atoms in total. The van der Waals surface area contributed by atoms with E-state index in [1.165, 1.54) is 29.2 Å². The molecule has 0 atom stereocenters. The summed E-state index contributed by atoms with van der Waals surface area (Å²) in [6.07, 6.45) is 1.46. The van der Waals surface area contributed by atoms with Crippen molar-refractivity contribution in [1.82, 2.24) is 29.5 Å². The lowest BCUT2D eigenvalue weighted by Gasteiger charge is -2.39. The quantitative estimate of drug-likeness (QED) is 0.151. The van der Waals surface area contributed by atoms with Crippen molar-refractivity contribution in [2.45, 2.75) is 17.0 Å².